The van der Waals surface area contributed by atoms with Crippen molar-refractivity contribution in [1.82, 2.24) is 15.5 Å². The SMILES string of the molecule is Cc1nnc(/N=C2/NC(=O)CS2)s1. The second-order valence-electron chi connectivity index (χ2n) is 2.36. The van der Waals surface area contributed by atoms with E-state index < -0.39 is 0 Å². The Kier molecular flexibility index (Phi) is 2.28. The van der Waals surface area contributed by atoms with Crippen LogP contribution in [-0.2, 0) is 4.79 Å². The maximum atomic E-state index is 10.8. The van der Waals surface area contributed by atoms with Crippen molar-refractivity contribution in [3.63, 3.8) is 0 Å². The molecule has 68 valence electrons. The predicted octanol–water partition coefficient (Wildman–Crippen LogP) is 0.697. The number of amides is 1. The second-order valence-corrected chi connectivity index (χ2v) is 4.48. The summed E-state index contributed by atoms with van der Waals surface area (Å²) in [6.07, 6.45) is 0. The van der Waals surface area contributed by atoms with Crippen molar-refractivity contribution in [2.45, 2.75) is 6.92 Å². The molecule has 0 radical (unpaired) electrons. The zero-order valence-corrected chi connectivity index (χ0v) is 8.41. The van der Waals surface area contributed by atoms with Crippen LogP contribution in [-0.4, -0.2) is 27.0 Å². The zero-order chi connectivity index (χ0) is 9.26. The van der Waals surface area contributed by atoms with Crippen molar-refractivity contribution >= 4 is 39.3 Å². The molecule has 0 aromatic carbocycles. The van der Waals surface area contributed by atoms with Gasteiger partial charge in [-0.1, -0.05) is 23.1 Å². The van der Waals surface area contributed by atoms with Gasteiger partial charge in [-0.2, -0.15) is 4.99 Å². The summed E-state index contributed by atoms with van der Waals surface area (Å²) in [5.41, 5.74) is 0. The molecule has 1 aliphatic heterocycles. The Morgan fingerprint density at radius 2 is 2.38 bits per heavy atom. The van der Waals surface area contributed by atoms with E-state index in [2.05, 4.69) is 20.5 Å². The van der Waals surface area contributed by atoms with Crippen molar-refractivity contribution in [1.29, 1.82) is 0 Å². The smallest absolute Gasteiger partial charge is 0.236 e. The van der Waals surface area contributed by atoms with Crippen LogP contribution in [0.3, 0.4) is 0 Å². The standard InChI is InChI=1S/C6H6N4OS2/c1-3-9-10-6(13-3)8-5-7-4(11)2-12-5/h2H2,1H3,(H,7,8,10,11). The van der Waals surface area contributed by atoms with Gasteiger partial charge in [-0.3, -0.25) is 4.79 Å². The Morgan fingerprint density at radius 1 is 1.54 bits per heavy atom. The van der Waals surface area contributed by atoms with Crippen LogP contribution in [0, 0.1) is 6.92 Å². The topological polar surface area (TPSA) is 67.2 Å². The second kappa shape index (κ2) is 3.43. The largest absolute Gasteiger partial charge is 0.304 e. The van der Waals surface area contributed by atoms with Crippen molar-refractivity contribution in [3.05, 3.63) is 5.01 Å². The number of carbonyl (C=O) groups is 1. The van der Waals surface area contributed by atoms with E-state index in [0.29, 0.717) is 16.1 Å². The summed E-state index contributed by atoms with van der Waals surface area (Å²) < 4.78 is 0. The number of nitrogens with zero attached hydrogens (tertiary/aromatic N) is 3. The van der Waals surface area contributed by atoms with E-state index in [1.807, 2.05) is 6.92 Å². The van der Waals surface area contributed by atoms with Crippen LogP contribution in [0.25, 0.3) is 0 Å². The molecule has 5 nitrogen and oxygen atoms in total. The molecule has 2 rings (SSSR count). The Balaban J connectivity index is 2.16. The van der Waals surface area contributed by atoms with Crippen molar-refractivity contribution in [2.24, 2.45) is 4.99 Å². The maximum absolute atomic E-state index is 10.8. The van der Waals surface area contributed by atoms with Gasteiger partial charge in [0.15, 0.2) is 5.17 Å². The van der Waals surface area contributed by atoms with Gasteiger partial charge in [0.2, 0.25) is 11.0 Å². The minimum atomic E-state index is -0.00927. The molecule has 0 aliphatic carbocycles. The molecule has 1 N–H and O–H groups in total. The number of carbonyl (C=O) groups excluding carboxylic acids is 1. The molecule has 0 spiro atoms. The lowest BCUT2D eigenvalue weighted by Crippen LogP contribution is -2.19. The first-order chi connectivity index (χ1) is 6.24. The molecule has 2 heterocycles. The van der Waals surface area contributed by atoms with Crippen molar-refractivity contribution < 1.29 is 4.79 Å². The highest BCUT2D eigenvalue weighted by Gasteiger charge is 2.16. The van der Waals surface area contributed by atoms with Crippen LogP contribution in [0.4, 0.5) is 5.13 Å². The molecule has 0 atom stereocenters. The molecular formula is C6H6N4OS2. The van der Waals surface area contributed by atoms with Crippen LogP contribution < -0.4 is 5.32 Å². The van der Waals surface area contributed by atoms with Gasteiger partial charge in [0.05, 0.1) is 5.75 Å². The fraction of sp³-hybridized carbons (Fsp3) is 0.333. The molecule has 0 saturated carbocycles. The minimum absolute atomic E-state index is 0.00927. The van der Waals surface area contributed by atoms with Crippen LogP contribution >= 0.6 is 23.1 Å². The van der Waals surface area contributed by atoms with E-state index in [0.717, 1.165) is 5.01 Å². The van der Waals surface area contributed by atoms with E-state index in [4.69, 9.17) is 0 Å². The molecule has 1 fully saturated rings. The lowest BCUT2D eigenvalue weighted by Gasteiger charge is -1.89. The Bertz CT molecular complexity index is 372. The van der Waals surface area contributed by atoms with E-state index >= 15 is 0 Å². The van der Waals surface area contributed by atoms with Gasteiger partial charge in [-0.05, 0) is 6.92 Å². The van der Waals surface area contributed by atoms with E-state index in [-0.39, 0.29) is 5.91 Å². The number of aromatic nitrogens is 2. The molecule has 1 aliphatic rings. The average Bonchev–Trinajstić information content (AvgIpc) is 2.62. The highest BCUT2D eigenvalue weighted by molar-refractivity contribution is 8.15. The van der Waals surface area contributed by atoms with Gasteiger partial charge >= 0.3 is 0 Å². The van der Waals surface area contributed by atoms with Gasteiger partial charge in [0, 0.05) is 0 Å². The fourth-order valence-corrected chi connectivity index (χ4v) is 2.10. The minimum Gasteiger partial charge on any atom is -0.304 e. The average molecular weight is 214 g/mol. The first-order valence-electron chi connectivity index (χ1n) is 3.55. The number of aryl methyl sites for hydroxylation is 1. The van der Waals surface area contributed by atoms with Crippen LogP contribution in [0.15, 0.2) is 4.99 Å². The van der Waals surface area contributed by atoms with Crippen molar-refractivity contribution in [2.75, 3.05) is 5.75 Å². The van der Waals surface area contributed by atoms with Crippen molar-refractivity contribution in [3.8, 4) is 0 Å². The van der Waals surface area contributed by atoms with Crippen LogP contribution in [0.1, 0.15) is 5.01 Å². The quantitative estimate of drug-likeness (QED) is 0.747. The van der Waals surface area contributed by atoms with Gasteiger partial charge in [-0.15, -0.1) is 10.2 Å². The summed E-state index contributed by atoms with van der Waals surface area (Å²) in [5, 5.41) is 12.3. The number of rotatable bonds is 1. The Morgan fingerprint density at radius 3 is 2.92 bits per heavy atom. The zero-order valence-electron chi connectivity index (χ0n) is 6.77. The number of aliphatic imine (C=N–C) groups is 1. The summed E-state index contributed by atoms with van der Waals surface area (Å²) in [4.78, 5) is 14.9. The highest BCUT2D eigenvalue weighted by atomic mass is 32.2. The summed E-state index contributed by atoms with van der Waals surface area (Å²) in [6.45, 7) is 1.86. The molecule has 1 saturated heterocycles. The first kappa shape index (κ1) is 8.64. The molecule has 13 heavy (non-hydrogen) atoms. The normalized spacial score (nSPS) is 19.5. The lowest BCUT2D eigenvalue weighted by molar-refractivity contribution is -0.116. The number of amidine groups is 1. The molecule has 1 aromatic rings. The van der Waals surface area contributed by atoms with Crippen LogP contribution in [0.5, 0.6) is 0 Å². The summed E-state index contributed by atoms with van der Waals surface area (Å²) in [5.74, 6) is 0.432. The van der Waals surface area contributed by atoms with Gasteiger partial charge in [0.1, 0.15) is 5.01 Å². The molecular weight excluding hydrogens is 208 g/mol. The van der Waals surface area contributed by atoms with Gasteiger partial charge < -0.3 is 5.32 Å². The monoisotopic (exact) mass is 214 g/mol. The Labute approximate surface area is 82.7 Å². The summed E-state index contributed by atoms with van der Waals surface area (Å²) in [6, 6.07) is 0. The van der Waals surface area contributed by atoms with Gasteiger partial charge in [0.25, 0.3) is 0 Å². The summed E-state index contributed by atoms with van der Waals surface area (Å²) in [7, 11) is 0. The predicted molar refractivity (Wildman–Crippen MR) is 52.3 cm³/mol. The van der Waals surface area contributed by atoms with E-state index in [1.54, 1.807) is 0 Å². The first-order valence-corrected chi connectivity index (χ1v) is 5.36. The highest BCUT2D eigenvalue weighted by Crippen LogP contribution is 2.20. The molecule has 0 bridgehead atoms. The lowest BCUT2D eigenvalue weighted by atomic mass is 10.7. The number of hydrogen-bond acceptors (Lipinski definition) is 6. The van der Waals surface area contributed by atoms with Crippen LogP contribution in [0.2, 0.25) is 0 Å². The Hall–Kier alpha value is -0.950. The summed E-state index contributed by atoms with van der Waals surface area (Å²) >= 11 is 2.78. The van der Waals surface area contributed by atoms with E-state index in [1.165, 1.54) is 23.1 Å². The number of thioether (sulfide) groups is 1. The molecule has 0 unspecified atom stereocenters. The third kappa shape index (κ3) is 2.04. The van der Waals surface area contributed by atoms with Gasteiger partial charge in [-0.25, -0.2) is 0 Å². The molecule has 7 heteroatoms. The van der Waals surface area contributed by atoms with E-state index in [9.17, 15) is 4.79 Å². The number of nitrogens with one attached hydrogen (secondary N) is 1. The third-order valence-electron chi connectivity index (χ3n) is 1.30. The third-order valence-corrected chi connectivity index (χ3v) is 2.90. The fourth-order valence-electron chi connectivity index (χ4n) is 0.804. The maximum Gasteiger partial charge on any atom is 0.236 e. The molecule has 1 amide bonds. The molecule has 1 aromatic heterocycles. The number of hydrogen-bond donors (Lipinski definition) is 1.